The van der Waals surface area contributed by atoms with E-state index in [1.165, 1.54) is 6.08 Å². The summed E-state index contributed by atoms with van der Waals surface area (Å²) in [6, 6.07) is 17.1. The Bertz CT molecular complexity index is 971. The third kappa shape index (κ3) is 4.37. The van der Waals surface area contributed by atoms with Gasteiger partial charge in [0.2, 0.25) is 0 Å². The minimum atomic E-state index is -2.83. The molecule has 2 aromatic carbocycles. The van der Waals surface area contributed by atoms with Crippen LogP contribution in [0.5, 0.6) is 0 Å². The van der Waals surface area contributed by atoms with Crippen LogP contribution in [0.2, 0.25) is 0 Å². The number of nitrogens with one attached hydrogen (secondary N) is 2. The van der Waals surface area contributed by atoms with Crippen LogP contribution in [-0.2, 0) is 0 Å². The average molecular weight is 365 g/mol. The Hall–Kier alpha value is -3.08. The summed E-state index contributed by atoms with van der Waals surface area (Å²) in [5.74, 6) is 0.378. The molecule has 0 saturated heterocycles. The van der Waals surface area contributed by atoms with Crippen molar-refractivity contribution in [3.05, 3.63) is 78.0 Å². The molecule has 0 bridgehead atoms. The summed E-state index contributed by atoms with van der Waals surface area (Å²) in [5.41, 5.74) is 3.18. The molecule has 0 saturated carbocycles. The Kier molecular flexibility index (Phi) is 5.60. The highest BCUT2D eigenvalue weighted by Gasteiger charge is 2.12. The molecule has 27 heavy (non-hydrogen) atoms. The molecule has 138 valence electrons. The summed E-state index contributed by atoms with van der Waals surface area (Å²) in [4.78, 5) is 4.32. The molecule has 0 atom stereocenters. The maximum absolute atomic E-state index is 13.0. The summed E-state index contributed by atoms with van der Waals surface area (Å²) < 4.78 is 25.9. The van der Waals surface area contributed by atoms with Crippen LogP contribution in [0.25, 0.3) is 16.6 Å². The van der Waals surface area contributed by atoms with Crippen LogP contribution in [0.4, 0.5) is 14.5 Å². The normalized spacial score (nSPS) is 12.0. The van der Waals surface area contributed by atoms with Crippen molar-refractivity contribution >= 4 is 28.0 Å². The van der Waals surface area contributed by atoms with Gasteiger partial charge in [-0.05, 0) is 47.4 Å². The number of benzene rings is 2. The van der Waals surface area contributed by atoms with E-state index in [9.17, 15) is 8.78 Å². The summed E-state index contributed by atoms with van der Waals surface area (Å²) in [6.45, 7) is 4.19. The van der Waals surface area contributed by atoms with Crippen molar-refractivity contribution in [2.45, 2.75) is 26.2 Å². The molecule has 2 N–H and O–H groups in total. The number of pyridine rings is 1. The molecule has 0 spiro atoms. The van der Waals surface area contributed by atoms with Crippen LogP contribution in [0.15, 0.2) is 66.9 Å². The molecule has 1 aromatic heterocycles. The van der Waals surface area contributed by atoms with Gasteiger partial charge in [-0.25, -0.2) is 8.78 Å². The summed E-state index contributed by atoms with van der Waals surface area (Å²) >= 11 is 0. The van der Waals surface area contributed by atoms with Crippen molar-refractivity contribution in [2.75, 3.05) is 5.32 Å². The molecule has 1 heterocycles. The van der Waals surface area contributed by atoms with Crippen molar-refractivity contribution in [2.24, 2.45) is 0 Å². The second-order valence-electron chi connectivity index (χ2n) is 6.59. The standard InChI is InChI=1S/C22H21F2N3/c1-14(2)15-8-10-16(11-9-15)21(13-18(25)22(23)24)27-20-7-3-6-19-17(20)5-4-12-26-19/h3-14,22,25,27H,1-2H3/b21-13-,25-18?. The van der Waals surface area contributed by atoms with E-state index in [2.05, 4.69) is 24.1 Å². The molecule has 3 aromatic rings. The van der Waals surface area contributed by atoms with Crippen LogP contribution >= 0.6 is 0 Å². The smallest absolute Gasteiger partial charge is 0.279 e. The number of anilines is 1. The molecule has 0 amide bonds. The van der Waals surface area contributed by atoms with Crippen molar-refractivity contribution in [3.8, 4) is 0 Å². The Balaban J connectivity index is 2.03. The quantitative estimate of drug-likeness (QED) is 0.519. The second kappa shape index (κ2) is 8.08. The first-order valence-electron chi connectivity index (χ1n) is 8.75. The number of fused-ring (bicyclic) bond motifs is 1. The number of nitrogens with zero attached hydrogens (tertiary/aromatic N) is 1. The molecule has 0 radical (unpaired) electrons. The minimum absolute atomic E-state index is 0.378. The Labute approximate surface area is 157 Å². The molecule has 3 nitrogen and oxygen atoms in total. The number of rotatable bonds is 6. The van der Waals surface area contributed by atoms with Gasteiger partial charge in [-0.1, -0.05) is 44.2 Å². The highest BCUT2D eigenvalue weighted by molar-refractivity contribution is 6.04. The zero-order chi connectivity index (χ0) is 19.4. The number of alkyl halides is 2. The lowest BCUT2D eigenvalue weighted by molar-refractivity contribution is 0.226. The van der Waals surface area contributed by atoms with Crippen LogP contribution in [0.1, 0.15) is 30.9 Å². The Morgan fingerprint density at radius 1 is 1.04 bits per heavy atom. The number of halogens is 2. The van der Waals surface area contributed by atoms with E-state index in [4.69, 9.17) is 5.41 Å². The van der Waals surface area contributed by atoms with Crippen molar-refractivity contribution in [1.82, 2.24) is 4.98 Å². The van der Waals surface area contributed by atoms with Gasteiger partial charge in [-0.3, -0.25) is 10.4 Å². The van der Waals surface area contributed by atoms with Gasteiger partial charge in [0.1, 0.15) is 0 Å². The molecule has 3 rings (SSSR count). The van der Waals surface area contributed by atoms with E-state index in [1.54, 1.807) is 6.20 Å². The Morgan fingerprint density at radius 3 is 2.44 bits per heavy atom. The van der Waals surface area contributed by atoms with Gasteiger partial charge in [-0.2, -0.15) is 0 Å². The largest absolute Gasteiger partial charge is 0.354 e. The lowest BCUT2D eigenvalue weighted by Crippen LogP contribution is -2.09. The molecular weight excluding hydrogens is 344 g/mol. The van der Waals surface area contributed by atoms with Crippen LogP contribution in [0.3, 0.4) is 0 Å². The SMILES string of the molecule is CC(C)c1ccc(/C(=C/C(=N)C(F)F)Nc2cccc3ncccc23)cc1. The number of hydrogen-bond acceptors (Lipinski definition) is 3. The van der Waals surface area contributed by atoms with Gasteiger partial charge in [0.05, 0.1) is 11.2 Å². The molecule has 0 aliphatic rings. The van der Waals surface area contributed by atoms with Gasteiger partial charge in [0.15, 0.2) is 0 Å². The van der Waals surface area contributed by atoms with Crippen LogP contribution < -0.4 is 5.32 Å². The van der Waals surface area contributed by atoms with Gasteiger partial charge in [0, 0.05) is 23.0 Å². The predicted molar refractivity (Wildman–Crippen MR) is 108 cm³/mol. The topological polar surface area (TPSA) is 48.8 Å². The molecule has 0 unspecified atom stereocenters. The number of allylic oxidation sites excluding steroid dienone is 1. The fraction of sp³-hybridized carbons (Fsp3) is 0.182. The van der Waals surface area contributed by atoms with Gasteiger partial charge in [-0.15, -0.1) is 0 Å². The lowest BCUT2D eigenvalue weighted by atomic mass is 10.00. The van der Waals surface area contributed by atoms with E-state index in [-0.39, 0.29) is 0 Å². The highest BCUT2D eigenvalue weighted by Crippen LogP contribution is 2.27. The fourth-order valence-corrected chi connectivity index (χ4v) is 2.82. The van der Waals surface area contributed by atoms with E-state index >= 15 is 0 Å². The first kappa shape index (κ1) is 18.7. The summed E-state index contributed by atoms with van der Waals surface area (Å²) in [5, 5.41) is 11.7. The summed E-state index contributed by atoms with van der Waals surface area (Å²) in [6.07, 6.45) is 0.0652. The van der Waals surface area contributed by atoms with E-state index in [0.29, 0.717) is 11.6 Å². The van der Waals surface area contributed by atoms with Gasteiger partial charge < -0.3 is 5.32 Å². The highest BCUT2D eigenvalue weighted by atomic mass is 19.3. The zero-order valence-corrected chi connectivity index (χ0v) is 15.2. The third-order valence-electron chi connectivity index (χ3n) is 4.34. The van der Waals surface area contributed by atoms with E-state index in [0.717, 1.165) is 27.7 Å². The average Bonchev–Trinajstić information content (AvgIpc) is 2.67. The first-order chi connectivity index (χ1) is 13.0. The number of hydrogen-bond donors (Lipinski definition) is 2. The van der Waals surface area contributed by atoms with Gasteiger partial charge in [0.25, 0.3) is 6.43 Å². The monoisotopic (exact) mass is 365 g/mol. The molecule has 0 aliphatic carbocycles. The minimum Gasteiger partial charge on any atom is -0.354 e. The lowest BCUT2D eigenvalue weighted by Gasteiger charge is -2.15. The van der Waals surface area contributed by atoms with Gasteiger partial charge >= 0.3 is 0 Å². The van der Waals surface area contributed by atoms with Crippen molar-refractivity contribution < 1.29 is 8.78 Å². The van der Waals surface area contributed by atoms with Crippen molar-refractivity contribution in [1.29, 1.82) is 5.41 Å². The fourth-order valence-electron chi connectivity index (χ4n) is 2.82. The third-order valence-corrected chi connectivity index (χ3v) is 4.34. The second-order valence-corrected chi connectivity index (χ2v) is 6.59. The van der Waals surface area contributed by atoms with E-state index in [1.807, 2.05) is 54.6 Å². The Morgan fingerprint density at radius 2 is 1.78 bits per heavy atom. The number of aromatic nitrogens is 1. The molecular formula is C22H21F2N3. The van der Waals surface area contributed by atoms with E-state index < -0.39 is 12.1 Å². The molecule has 0 fully saturated rings. The van der Waals surface area contributed by atoms with Crippen molar-refractivity contribution in [3.63, 3.8) is 0 Å². The predicted octanol–water partition coefficient (Wildman–Crippen LogP) is 6.10. The molecule has 5 heteroatoms. The maximum Gasteiger partial charge on any atom is 0.279 e. The van der Waals surface area contributed by atoms with Crippen LogP contribution in [0, 0.1) is 5.41 Å². The van der Waals surface area contributed by atoms with Crippen LogP contribution in [-0.4, -0.2) is 17.1 Å². The zero-order valence-electron chi connectivity index (χ0n) is 15.2. The maximum atomic E-state index is 13.0. The molecule has 0 aliphatic heterocycles. The first-order valence-corrected chi connectivity index (χ1v) is 8.75. The summed E-state index contributed by atoms with van der Waals surface area (Å²) in [7, 11) is 0.